The third kappa shape index (κ3) is 1.93. The highest BCUT2D eigenvalue weighted by Crippen LogP contribution is 2.43. The zero-order valence-electron chi connectivity index (χ0n) is 10.1. The van der Waals surface area contributed by atoms with Crippen molar-refractivity contribution in [2.75, 3.05) is 6.54 Å². The molecule has 0 unspecified atom stereocenters. The first-order valence-corrected chi connectivity index (χ1v) is 6.86. The second kappa shape index (κ2) is 4.50. The van der Waals surface area contributed by atoms with Crippen LogP contribution in [0.2, 0.25) is 0 Å². The fraction of sp³-hybridized carbons (Fsp3) is 0.571. The summed E-state index contributed by atoms with van der Waals surface area (Å²) in [7, 11) is 0. The summed E-state index contributed by atoms with van der Waals surface area (Å²) in [6.07, 6.45) is 5.14. The summed E-state index contributed by atoms with van der Waals surface area (Å²) in [6.45, 7) is 5.19. The van der Waals surface area contributed by atoms with Crippen molar-refractivity contribution in [1.82, 2.24) is 0 Å². The minimum Gasteiger partial charge on any atom is -0.330 e. The summed E-state index contributed by atoms with van der Waals surface area (Å²) < 4.78 is 1.19. The molecule has 0 radical (unpaired) electrons. The number of hydrogen-bond donors (Lipinski definition) is 1. The van der Waals surface area contributed by atoms with Gasteiger partial charge in [-0.1, -0.05) is 28.8 Å². The van der Waals surface area contributed by atoms with Crippen molar-refractivity contribution in [2.24, 2.45) is 5.73 Å². The third-order valence-corrected chi connectivity index (χ3v) is 4.61. The molecule has 2 N–H and O–H groups in total. The van der Waals surface area contributed by atoms with Crippen LogP contribution in [-0.2, 0) is 5.41 Å². The maximum atomic E-state index is 6.05. The number of halogens is 1. The molecule has 88 valence electrons. The van der Waals surface area contributed by atoms with E-state index < -0.39 is 0 Å². The molecule has 0 saturated heterocycles. The van der Waals surface area contributed by atoms with Gasteiger partial charge < -0.3 is 5.73 Å². The Bertz CT molecular complexity index is 392. The van der Waals surface area contributed by atoms with Gasteiger partial charge in [-0.3, -0.25) is 0 Å². The van der Waals surface area contributed by atoms with Crippen LogP contribution < -0.4 is 5.73 Å². The number of rotatable bonds is 2. The fourth-order valence-electron chi connectivity index (χ4n) is 3.00. The number of hydrogen-bond acceptors (Lipinski definition) is 1. The molecule has 0 bridgehead atoms. The topological polar surface area (TPSA) is 26.0 Å². The van der Waals surface area contributed by atoms with Crippen LogP contribution in [0.15, 0.2) is 16.6 Å². The van der Waals surface area contributed by atoms with Crippen LogP contribution in [0.3, 0.4) is 0 Å². The highest BCUT2D eigenvalue weighted by molar-refractivity contribution is 9.10. The van der Waals surface area contributed by atoms with E-state index in [-0.39, 0.29) is 5.41 Å². The van der Waals surface area contributed by atoms with Crippen molar-refractivity contribution in [1.29, 1.82) is 0 Å². The van der Waals surface area contributed by atoms with E-state index in [4.69, 9.17) is 5.73 Å². The van der Waals surface area contributed by atoms with E-state index in [2.05, 4.69) is 41.9 Å². The van der Waals surface area contributed by atoms with Gasteiger partial charge in [-0.2, -0.15) is 0 Å². The summed E-state index contributed by atoms with van der Waals surface area (Å²) >= 11 is 3.61. The zero-order chi connectivity index (χ0) is 11.8. The normalized spacial score (nSPS) is 19.0. The Morgan fingerprint density at radius 1 is 1.25 bits per heavy atom. The predicted molar refractivity (Wildman–Crippen MR) is 72.8 cm³/mol. The Morgan fingerprint density at radius 2 is 1.88 bits per heavy atom. The predicted octanol–water partition coefficient (Wildman–Crippen LogP) is 3.84. The van der Waals surface area contributed by atoms with Gasteiger partial charge in [0.1, 0.15) is 0 Å². The first-order chi connectivity index (χ1) is 7.59. The Labute approximate surface area is 107 Å². The highest BCUT2D eigenvalue weighted by atomic mass is 79.9. The molecule has 0 atom stereocenters. The molecule has 0 spiro atoms. The number of nitrogens with two attached hydrogens (primary N) is 1. The third-order valence-electron chi connectivity index (χ3n) is 4.15. The van der Waals surface area contributed by atoms with Gasteiger partial charge in [0.2, 0.25) is 0 Å². The van der Waals surface area contributed by atoms with Crippen molar-refractivity contribution >= 4 is 15.9 Å². The fourth-order valence-corrected chi connectivity index (χ4v) is 3.57. The molecule has 2 heteroatoms. The zero-order valence-corrected chi connectivity index (χ0v) is 11.7. The lowest BCUT2D eigenvalue weighted by Crippen LogP contribution is -2.33. The van der Waals surface area contributed by atoms with Crippen LogP contribution in [0, 0.1) is 13.8 Å². The molecular formula is C14H20BrN. The van der Waals surface area contributed by atoms with Gasteiger partial charge in [0.25, 0.3) is 0 Å². The average molecular weight is 282 g/mol. The van der Waals surface area contributed by atoms with E-state index in [9.17, 15) is 0 Å². The maximum Gasteiger partial charge on any atom is 0.0181 e. The standard InChI is InChI=1S/C14H20BrN/c1-10-7-12(15)8-13(11(10)2)14(9-16)5-3-4-6-14/h7-8H,3-6,9,16H2,1-2H3. The molecule has 1 nitrogen and oxygen atoms in total. The van der Waals surface area contributed by atoms with Crippen LogP contribution in [-0.4, -0.2) is 6.54 Å². The first-order valence-electron chi connectivity index (χ1n) is 6.06. The summed E-state index contributed by atoms with van der Waals surface area (Å²) in [4.78, 5) is 0. The second-order valence-corrected chi connectivity index (χ2v) is 6.00. The van der Waals surface area contributed by atoms with Crippen LogP contribution >= 0.6 is 15.9 Å². The van der Waals surface area contributed by atoms with E-state index in [0.717, 1.165) is 6.54 Å². The lowest BCUT2D eigenvalue weighted by Gasteiger charge is -2.30. The van der Waals surface area contributed by atoms with Crippen molar-refractivity contribution in [3.05, 3.63) is 33.3 Å². The first kappa shape index (κ1) is 12.1. The van der Waals surface area contributed by atoms with E-state index in [1.165, 1.54) is 46.8 Å². The molecule has 0 aliphatic heterocycles. The van der Waals surface area contributed by atoms with Crippen LogP contribution in [0.1, 0.15) is 42.4 Å². The number of aryl methyl sites for hydroxylation is 1. The summed E-state index contributed by atoms with van der Waals surface area (Å²) in [5.41, 5.74) is 10.6. The minimum absolute atomic E-state index is 0.249. The maximum absolute atomic E-state index is 6.05. The van der Waals surface area contributed by atoms with E-state index >= 15 is 0 Å². The van der Waals surface area contributed by atoms with Crippen LogP contribution in [0.5, 0.6) is 0 Å². The van der Waals surface area contributed by atoms with Gasteiger partial charge in [0, 0.05) is 16.4 Å². The average Bonchev–Trinajstić information content (AvgIpc) is 2.73. The quantitative estimate of drug-likeness (QED) is 0.876. The van der Waals surface area contributed by atoms with Crippen LogP contribution in [0.4, 0.5) is 0 Å². The summed E-state index contributed by atoms with van der Waals surface area (Å²) in [5, 5.41) is 0. The monoisotopic (exact) mass is 281 g/mol. The van der Waals surface area contributed by atoms with Gasteiger partial charge in [-0.05, 0) is 55.5 Å². The molecule has 2 rings (SSSR count). The Morgan fingerprint density at radius 3 is 2.44 bits per heavy atom. The Kier molecular flexibility index (Phi) is 3.41. The van der Waals surface area contributed by atoms with E-state index in [0.29, 0.717) is 0 Å². The molecule has 0 amide bonds. The van der Waals surface area contributed by atoms with Gasteiger partial charge in [-0.15, -0.1) is 0 Å². The molecule has 1 aliphatic carbocycles. The van der Waals surface area contributed by atoms with Crippen LogP contribution in [0.25, 0.3) is 0 Å². The van der Waals surface area contributed by atoms with Gasteiger partial charge in [0.15, 0.2) is 0 Å². The van der Waals surface area contributed by atoms with Crippen molar-refractivity contribution in [3.63, 3.8) is 0 Å². The molecule has 16 heavy (non-hydrogen) atoms. The Balaban J connectivity index is 2.53. The van der Waals surface area contributed by atoms with Gasteiger partial charge in [-0.25, -0.2) is 0 Å². The van der Waals surface area contributed by atoms with Crippen molar-refractivity contribution in [2.45, 2.75) is 44.9 Å². The summed E-state index contributed by atoms with van der Waals surface area (Å²) in [6, 6.07) is 4.47. The second-order valence-electron chi connectivity index (χ2n) is 5.09. The molecule has 0 heterocycles. The number of benzene rings is 1. The SMILES string of the molecule is Cc1cc(Br)cc(C2(CN)CCCC2)c1C. The smallest absolute Gasteiger partial charge is 0.0181 e. The Hall–Kier alpha value is -0.340. The van der Waals surface area contributed by atoms with E-state index in [1.807, 2.05) is 0 Å². The molecule has 1 aliphatic rings. The van der Waals surface area contributed by atoms with Crippen molar-refractivity contribution in [3.8, 4) is 0 Å². The minimum atomic E-state index is 0.249. The molecule has 1 aromatic rings. The highest BCUT2D eigenvalue weighted by Gasteiger charge is 2.35. The lowest BCUT2D eigenvalue weighted by atomic mass is 9.76. The van der Waals surface area contributed by atoms with E-state index in [1.54, 1.807) is 0 Å². The van der Waals surface area contributed by atoms with Crippen molar-refractivity contribution < 1.29 is 0 Å². The molecule has 1 aromatic carbocycles. The molecule has 1 saturated carbocycles. The summed E-state index contributed by atoms with van der Waals surface area (Å²) in [5.74, 6) is 0. The lowest BCUT2D eigenvalue weighted by molar-refractivity contribution is 0.450. The van der Waals surface area contributed by atoms with Gasteiger partial charge >= 0.3 is 0 Å². The molecule has 0 aromatic heterocycles. The largest absolute Gasteiger partial charge is 0.330 e. The molecular weight excluding hydrogens is 262 g/mol. The molecule has 1 fully saturated rings. The van der Waals surface area contributed by atoms with Gasteiger partial charge in [0.05, 0.1) is 0 Å².